The van der Waals surface area contributed by atoms with E-state index in [-0.39, 0.29) is 12.4 Å². The second-order valence-electron chi connectivity index (χ2n) is 5.36. The highest BCUT2D eigenvalue weighted by Crippen LogP contribution is 2.20. The van der Waals surface area contributed by atoms with Gasteiger partial charge in [0.25, 0.3) is 0 Å². The number of carbonyl (C=O) groups excluding carboxylic acids is 1. The zero-order chi connectivity index (χ0) is 17.3. The van der Waals surface area contributed by atoms with Gasteiger partial charge in [0.15, 0.2) is 0 Å². The van der Waals surface area contributed by atoms with E-state index in [0.29, 0.717) is 12.0 Å². The molecule has 0 aliphatic heterocycles. The summed E-state index contributed by atoms with van der Waals surface area (Å²) in [6.07, 6.45) is 0.553. The van der Waals surface area contributed by atoms with E-state index < -0.39 is 20.6 Å². The van der Waals surface area contributed by atoms with Gasteiger partial charge < -0.3 is 23.8 Å². The summed E-state index contributed by atoms with van der Waals surface area (Å²) in [5.74, 6) is -0.434. The summed E-state index contributed by atoms with van der Waals surface area (Å²) >= 11 is 0. The monoisotopic (exact) mass is 342 g/mol. The van der Waals surface area contributed by atoms with Gasteiger partial charge >= 0.3 is 14.5 Å². The van der Waals surface area contributed by atoms with E-state index in [1.807, 2.05) is 6.92 Å². The Labute approximate surface area is 138 Å². The molecule has 0 saturated heterocycles. The van der Waals surface area contributed by atoms with Crippen LogP contribution in [0.3, 0.4) is 0 Å². The van der Waals surface area contributed by atoms with Crippen LogP contribution in [0.4, 0.5) is 0 Å². The molecule has 1 atom stereocenters. The molecule has 2 N–H and O–H groups in total. The van der Waals surface area contributed by atoms with Crippen molar-refractivity contribution in [2.45, 2.75) is 38.0 Å². The van der Waals surface area contributed by atoms with E-state index in [1.165, 1.54) is 24.3 Å². The molecule has 0 fully saturated rings. The van der Waals surface area contributed by atoms with Crippen LogP contribution in [0.2, 0.25) is 12.1 Å². The standard InChI is InChI=1S/C16H26O6Si/c1-4-23(20-2,21-3)11-5-6-15(18)12-22-16(19)13-7-9-14(17)10-8-13/h7-10,15,17-18H,4-6,11-12H2,1-3H3. The van der Waals surface area contributed by atoms with Gasteiger partial charge in [-0.1, -0.05) is 6.92 Å². The zero-order valence-corrected chi connectivity index (χ0v) is 14.9. The average molecular weight is 342 g/mol. The van der Waals surface area contributed by atoms with E-state index in [2.05, 4.69) is 0 Å². The molecular formula is C16H26O6Si. The second kappa shape index (κ2) is 9.66. The summed E-state index contributed by atoms with van der Waals surface area (Å²) < 4.78 is 16.1. The van der Waals surface area contributed by atoms with Gasteiger partial charge in [-0.2, -0.15) is 0 Å². The van der Waals surface area contributed by atoms with Gasteiger partial charge in [0.2, 0.25) is 0 Å². The molecule has 0 aromatic heterocycles. The smallest absolute Gasteiger partial charge is 0.338 e. The second-order valence-corrected chi connectivity index (χ2v) is 9.21. The quantitative estimate of drug-likeness (QED) is 0.502. The third-order valence-electron chi connectivity index (χ3n) is 3.89. The summed E-state index contributed by atoms with van der Waals surface area (Å²) in [5.41, 5.74) is 0.339. The summed E-state index contributed by atoms with van der Waals surface area (Å²) in [5, 5.41) is 19.1. The first kappa shape index (κ1) is 19.6. The van der Waals surface area contributed by atoms with Crippen LogP contribution < -0.4 is 0 Å². The third kappa shape index (κ3) is 6.30. The van der Waals surface area contributed by atoms with Crippen molar-refractivity contribution in [3.63, 3.8) is 0 Å². The van der Waals surface area contributed by atoms with Gasteiger partial charge in [-0.25, -0.2) is 4.79 Å². The lowest BCUT2D eigenvalue weighted by molar-refractivity contribution is 0.0235. The van der Waals surface area contributed by atoms with Gasteiger partial charge in [0, 0.05) is 14.2 Å². The summed E-state index contributed by atoms with van der Waals surface area (Å²) in [4.78, 5) is 11.8. The fourth-order valence-corrected chi connectivity index (χ4v) is 4.54. The number of aromatic hydroxyl groups is 1. The lowest BCUT2D eigenvalue weighted by atomic mass is 10.2. The highest BCUT2D eigenvalue weighted by Gasteiger charge is 2.32. The van der Waals surface area contributed by atoms with E-state index in [0.717, 1.165) is 18.5 Å². The van der Waals surface area contributed by atoms with Crippen molar-refractivity contribution < 1.29 is 28.6 Å². The SMILES string of the molecule is CC[Si](CCCC(O)COC(=O)c1ccc(O)cc1)(OC)OC. The van der Waals surface area contributed by atoms with E-state index in [9.17, 15) is 15.0 Å². The molecule has 1 rings (SSSR count). The maximum Gasteiger partial charge on any atom is 0.338 e. The number of esters is 1. The highest BCUT2D eigenvalue weighted by molar-refractivity contribution is 6.67. The Kier molecular flexibility index (Phi) is 8.25. The van der Waals surface area contributed by atoms with Crippen LogP contribution in [-0.4, -0.2) is 51.7 Å². The van der Waals surface area contributed by atoms with Crippen LogP contribution in [-0.2, 0) is 13.6 Å². The number of aliphatic hydroxyl groups is 1. The molecule has 1 aromatic rings. The van der Waals surface area contributed by atoms with Crippen LogP contribution in [0.15, 0.2) is 24.3 Å². The Bertz CT molecular complexity index is 464. The minimum Gasteiger partial charge on any atom is -0.508 e. The largest absolute Gasteiger partial charge is 0.508 e. The lowest BCUT2D eigenvalue weighted by Crippen LogP contribution is -2.39. The molecule has 0 amide bonds. The van der Waals surface area contributed by atoms with E-state index in [4.69, 9.17) is 13.6 Å². The first-order chi connectivity index (χ1) is 11.0. The Morgan fingerprint density at radius 3 is 2.35 bits per heavy atom. The number of carbonyl (C=O) groups is 1. The van der Waals surface area contributed by atoms with Crippen molar-refractivity contribution in [1.82, 2.24) is 0 Å². The molecule has 0 heterocycles. The fourth-order valence-electron chi connectivity index (χ4n) is 2.30. The van der Waals surface area contributed by atoms with Crippen LogP contribution >= 0.6 is 0 Å². The normalized spacial score (nSPS) is 12.9. The van der Waals surface area contributed by atoms with Gasteiger partial charge in [-0.15, -0.1) is 0 Å². The van der Waals surface area contributed by atoms with Crippen LogP contribution in [0.5, 0.6) is 5.75 Å². The maximum atomic E-state index is 11.8. The van der Waals surface area contributed by atoms with Gasteiger partial charge in [0.05, 0.1) is 11.7 Å². The Morgan fingerprint density at radius 1 is 1.22 bits per heavy atom. The first-order valence-corrected chi connectivity index (χ1v) is 9.94. The number of hydrogen-bond donors (Lipinski definition) is 2. The molecule has 0 spiro atoms. The summed E-state index contributed by atoms with van der Waals surface area (Å²) in [6.45, 7) is 1.98. The molecule has 0 aliphatic carbocycles. The molecular weight excluding hydrogens is 316 g/mol. The predicted octanol–water partition coefficient (Wildman–Crippen LogP) is 2.45. The first-order valence-electron chi connectivity index (χ1n) is 7.71. The maximum absolute atomic E-state index is 11.8. The number of phenols is 1. The Morgan fingerprint density at radius 2 is 1.83 bits per heavy atom. The topological polar surface area (TPSA) is 85.2 Å². The van der Waals surface area contributed by atoms with Crippen molar-refractivity contribution in [3.05, 3.63) is 29.8 Å². The minimum absolute atomic E-state index is 0.0552. The van der Waals surface area contributed by atoms with Gasteiger partial charge in [-0.05, 0) is 49.2 Å². The number of ether oxygens (including phenoxy) is 1. The highest BCUT2D eigenvalue weighted by atomic mass is 28.4. The van der Waals surface area contributed by atoms with Crippen LogP contribution in [0.25, 0.3) is 0 Å². The van der Waals surface area contributed by atoms with Crippen molar-refractivity contribution in [1.29, 1.82) is 0 Å². The van der Waals surface area contributed by atoms with Crippen molar-refractivity contribution in [2.24, 2.45) is 0 Å². The lowest BCUT2D eigenvalue weighted by Gasteiger charge is -2.26. The minimum atomic E-state index is -2.13. The summed E-state index contributed by atoms with van der Waals surface area (Å²) in [7, 11) is 1.19. The number of benzene rings is 1. The number of rotatable bonds is 10. The number of hydrogen-bond acceptors (Lipinski definition) is 6. The molecule has 6 nitrogen and oxygen atoms in total. The molecule has 1 unspecified atom stereocenters. The van der Waals surface area contributed by atoms with Crippen LogP contribution in [0.1, 0.15) is 30.1 Å². The third-order valence-corrected chi connectivity index (χ3v) is 7.57. The molecule has 130 valence electrons. The fraction of sp³-hybridized carbons (Fsp3) is 0.562. The molecule has 1 aromatic carbocycles. The predicted molar refractivity (Wildman–Crippen MR) is 88.7 cm³/mol. The van der Waals surface area contributed by atoms with Gasteiger partial charge in [0.1, 0.15) is 12.4 Å². The summed E-state index contributed by atoms with van der Waals surface area (Å²) in [6, 6.07) is 7.42. The molecule has 0 bridgehead atoms. The molecule has 0 saturated carbocycles. The molecule has 7 heteroatoms. The van der Waals surface area contributed by atoms with Crippen molar-refractivity contribution >= 4 is 14.5 Å². The zero-order valence-electron chi connectivity index (χ0n) is 13.9. The van der Waals surface area contributed by atoms with E-state index >= 15 is 0 Å². The Hall–Kier alpha value is -1.41. The van der Waals surface area contributed by atoms with Crippen LogP contribution in [0, 0.1) is 0 Å². The molecule has 0 aliphatic rings. The van der Waals surface area contributed by atoms with Crippen molar-refractivity contribution in [3.8, 4) is 5.75 Å². The van der Waals surface area contributed by atoms with Crippen molar-refractivity contribution in [2.75, 3.05) is 20.8 Å². The molecule has 23 heavy (non-hydrogen) atoms. The average Bonchev–Trinajstić information content (AvgIpc) is 2.57. The Balaban J connectivity index is 2.32. The van der Waals surface area contributed by atoms with E-state index in [1.54, 1.807) is 14.2 Å². The number of aliphatic hydroxyl groups excluding tert-OH is 1. The molecule has 0 radical (unpaired) electrons. The number of phenolic OH excluding ortho intramolecular Hbond substituents is 1. The van der Waals surface area contributed by atoms with Gasteiger partial charge in [-0.3, -0.25) is 0 Å².